The average molecular weight is 418 g/mol. The molecular weight excluding hydrogens is 392 g/mol. The van der Waals surface area contributed by atoms with Crippen molar-refractivity contribution in [2.45, 2.75) is 43.6 Å². The van der Waals surface area contributed by atoms with Crippen LogP contribution in [0.3, 0.4) is 0 Å². The molecule has 1 amide bonds. The second kappa shape index (κ2) is 8.65. The van der Waals surface area contributed by atoms with Gasteiger partial charge in [-0.25, -0.2) is 0 Å². The minimum Gasteiger partial charge on any atom is -0.381 e. The molecule has 1 aliphatic carbocycles. The fourth-order valence-electron chi connectivity index (χ4n) is 3.80. The molecule has 2 fully saturated rings. The van der Waals surface area contributed by atoms with E-state index in [1.54, 1.807) is 0 Å². The molecule has 1 saturated heterocycles. The van der Waals surface area contributed by atoms with Crippen molar-refractivity contribution in [2.75, 3.05) is 19.8 Å². The SMILES string of the molecule is Cl.NC1CCC(C(=O)NCC2(c3cccc(Br)c3)CCOCC2)C1. The van der Waals surface area contributed by atoms with Crippen LogP contribution in [-0.2, 0) is 14.9 Å². The Morgan fingerprint density at radius 2 is 2.08 bits per heavy atom. The van der Waals surface area contributed by atoms with Crippen LogP contribution in [0.4, 0.5) is 0 Å². The predicted octanol–water partition coefficient (Wildman–Crippen LogP) is 3.16. The van der Waals surface area contributed by atoms with Crippen LogP contribution in [0.5, 0.6) is 0 Å². The third-order valence-electron chi connectivity index (χ3n) is 5.33. The van der Waals surface area contributed by atoms with Gasteiger partial charge in [0.2, 0.25) is 5.91 Å². The zero-order valence-corrected chi connectivity index (χ0v) is 16.2. The molecule has 1 aliphatic heterocycles. The first-order valence-corrected chi connectivity index (χ1v) is 9.25. The highest BCUT2D eigenvalue weighted by Gasteiger charge is 2.36. The lowest BCUT2D eigenvalue weighted by atomic mass is 9.74. The fourth-order valence-corrected chi connectivity index (χ4v) is 4.20. The quantitative estimate of drug-likeness (QED) is 0.791. The Balaban J connectivity index is 0.00000208. The molecule has 2 aliphatic rings. The first kappa shape index (κ1) is 19.7. The zero-order valence-electron chi connectivity index (χ0n) is 13.8. The van der Waals surface area contributed by atoms with Crippen LogP contribution in [-0.4, -0.2) is 31.7 Å². The summed E-state index contributed by atoms with van der Waals surface area (Å²) in [4.78, 5) is 12.5. The van der Waals surface area contributed by atoms with Crippen LogP contribution in [0.1, 0.15) is 37.7 Å². The average Bonchev–Trinajstić information content (AvgIpc) is 3.00. The summed E-state index contributed by atoms with van der Waals surface area (Å²) < 4.78 is 6.63. The standard InChI is InChI=1S/C18H25BrN2O2.ClH/c19-15-3-1-2-14(11-15)18(6-8-23-9-7-18)12-21-17(22)13-4-5-16(20)10-13;/h1-3,11,13,16H,4-10,12,20H2,(H,21,22);1H. The van der Waals surface area contributed by atoms with Gasteiger partial charge in [-0.2, -0.15) is 0 Å². The van der Waals surface area contributed by atoms with Gasteiger partial charge >= 0.3 is 0 Å². The first-order chi connectivity index (χ1) is 11.1. The Labute approximate surface area is 158 Å². The van der Waals surface area contributed by atoms with Gasteiger partial charge in [0.05, 0.1) is 0 Å². The molecule has 0 radical (unpaired) electrons. The highest BCUT2D eigenvalue weighted by molar-refractivity contribution is 9.10. The minimum absolute atomic E-state index is 0. The van der Waals surface area contributed by atoms with Crippen molar-refractivity contribution in [1.82, 2.24) is 5.32 Å². The maximum Gasteiger partial charge on any atom is 0.223 e. The number of carbonyl (C=O) groups excluding carboxylic acids is 1. The van der Waals surface area contributed by atoms with E-state index in [1.165, 1.54) is 5.56 Å². The lowest BCUT2D eigenvalue weighted by Crippen LogP contribution is -2.46. The van der Waals surface area contributed by atoms with Crippen LogP contribution in [0, 0.1) is 5.92 Å². The summed E-state index contributed by atoms with van der Waals surface area (Å²) in [5.74, 6) is 0.253. The van der Waals surface area contributed by atoms with Gasteiger partial charge in [-0.1, -0.05) is 28.1 Å². The second-order valence-electron chi connectivity index (χ2n) is 6.89. The molecule has 24 heavy (non-hydrogen) atoms. The second-order valence-corrected chi connectivity index (χ2v) is 7.81. The smallest absolute Gasteiger partial charge is 0.223 e. The number of nitrogens with one attached hydrogen (secondary N) is 1. The third kappa shape index (κ3) is 4.51. The molecule has 1 aromatic rings. The molecule has 1 saturated carbocycles. The van der Waals surface area contributed by atoms with Crippen LogP contribution >= 0.6 is 28.3 Å². The predicted molar refractivity (Wildman–Crippen MR) is 101 cm³/mol. The van der Waals surface area contributed by atoms with Crippen molar-refractivity contribution in [3.63, 3.8) is 0 Å². The summed E-state index contributed by atoms with van der Waals surface area (Å²) >= 11 is 3.56. The third-order valence-corrected chi connectivity index (χ3v) is 5.83. The van der Waals surface area contributed by atoms with Crippen LogP contribution < -0.4 is 11.1 Å². The highest BCUT2D eigenvalue weighted by Crippen LogP contribution is 2.35. The van der Waals surface area contributed by atoms with Gasteiger partial charge in [-0.3, -0.25) is 4.79 Å². The molecule has 1 aromatic carbocycles. The van der Waals surface area contributed by atoms with Gasteiger partial charge in [0, 0.05) is 41.6 Å². The van der Waals surface area contributed by atoms with Crippen LogP contribution in [0.25, 0.3) is 0 Å². The Bertz CT molecular complexity index is 564. The number of halogens is 2. The number of rotatable bonds is 4. The number of nitrogens with two attached hydrogens (primary N) is 1. The number of benzene rings is 1. The molecule has 2 atom stereocenters. The van der Waals surface area contributed by atoms with Crippen molar-refractivity contribution in [1.29, 1.82) is 0 Å². The molecular formula is C18H26BrClN2O2. The topological polar surface area (TPSA) is 64.4 Å². The first-order valence-electron chi connectivity index (χ1n) is 8.46. The minimum atomic E-state index is -0.0294. The van der Waals surface area contributed by atoms with Crippen molar-refractivity contribution >= 4 is 34.2 Å². The summed E-state index contributed by atoms with van der Waals surface area (Å²) in [5.41, 5.74) is 7.18. The normalized spacial score (nSPS) is 25.8. The van der Waals surface area contributed by atoms with E-state index >= 15 is 0 Å². The summed E-state index contributed by atoms with van der Waals surface area (Å²) in [6, 6.07) is 8.62. The Kier molecular flexibility index (Phi) is 7.10. The van der Waals surface area contributed by atoms with Crippen LogP contribution in [0.2, 0.25) is 0 Å². The number of amides is 1. The summed E-state index contributed by atoms with van der Waals surface area (Å²) in [7, 11) is 0. The zero-order chi connectivity index (χ0) is 16.3. The largest absolute Gasteiger partial charge is 0.381 e. The maximum atomic E-state index is 12.5. The van der Waals surface area contributed by atoms with Crippen LogP contribution in [0.15, 0.2) is 28.7 Å². The van der Waals surface area contributed by atoms with E-state index in [9.17, 15) is 4.79 Å². The van der Waals surface area contributed by atoms with Gasteiger partial charge in [0.15, 0.2) is 0 Å². The van der Waals surface area contributed by atoms with Gasteiger partial charge in [-0.05, 0) is 49.8 Å². The van der Waals surface area contributed by atoms with E-state index < -0.39 is 0 Å². The van der Waals surface area contributed by atoms with Gasteiger partial charge in [-0.15, -0.1) is 12.4 Å². The molecule has 3 rings (SSSR count). The van der Waals surface area contributed by atoms with Gasteiger partial charge < -0.3 is 15.8 Å². The Hall–Kier alpha value is -0.620. The molecule has 0 spiro atoms. The number of carbonyl (C=O) groups is 1. The van der Waals surface area contributed by atoms with Crippen molar-refractivity contribution in [3.05, 3.63) is 34.3 Å². The van der Waals surface area contributed by atoms with E-state index in [4.69, 9.17) is 10.5 Å². The molecule has 3 N–H and O–H groups in total. The van der Waals surface area contributed by atoms with Crippen molar-refractivity contribution < 1.29 is 9.53 Å². The number of hydrogen-bond donors (Lipinski definition) is 2. The van der Waals surface area contributed by atoms with Crippen molar-refractivity contribution in [2.24, 2.45) is 11.7 Å². The Morgan fingerprint density at radius 1 is 1.33 bits per heavy atom. The number of hydrogen-bond acceptors (Lipinski definition) is 3. The van der Waals surface area contributed by atoms with E-state index in [0.717, 1.165) is 49.8 Å². The number of ether oxygens (including phenoxy) is 1. The summed E-state index contributed by atoms with van der Waals surface area (Å²) in [5, 5.41) is 3.21. The molecule has 0 bridgehead atoms. The molecule has 134 valence electrons. The lowest BCUT2D eigenvalue weighted by Gasteiger charge is -2.38. The molecule has 6 heteroatoms. The lowest BCUT2D eigenvalue weighted by molar-refractivity contribution is -0.125. The summed E-state index contributed by atoms with van der Waals surface area (Å²) in [6.45, 7) is 2.17. The van der Waals surface area contributed by atoms with Crippen molar-refractivity contribution in [3.8, 4) is 0 Å². The van der Waals surface area contributed by atoms with E-state index in [0.29, 0.717) is 6.54 Å². The summed E-state index contributed by atoms with van der Waals surface area (Å²) in [6.07, 6.45) is 4.57. The van der Waals surface area contributed by atoms with E-state index in [-0.39, 0.29) is 35.7 Å². The van der Waals surface area contributed by atoms with Gasteiger partial charge in [0.25, 0.3) is 0 Å². The molecule has 1 heterocycles. The van der Waals surface area contributed by atoms with E-state index in [2.05, 4.69) is 39.4 Å². The maximum absolute atomic E-state index is 12.5. The Morgan fingerprint density at radius 3 is 2.71 bits per heavy atom. The molecule has 2 unspecified atom stereocenters. The highest BCUT2D eigenvalue weighted by atomic mass is 79.9. The monoisotopic (exact) mass is 416 g/mol. The molecule has 4 nitrogen and oxygen atoms in total. The molecule has 0 aromatic heterocycles. The van der Waals surface area contributed by atoms with E-state index in [1.807, 2.05) is 6.07 Å². The fraction of sp³-hybridized carbons (Fsp3) is 0.611. The van der Waals surface area contributed by atoms with Gasteiger partial charge in [0.1, 0.15) is 0 Å².